The van der Waals surface area contributed by atoms with Crippen LogP contribution in [0.15, 0.2) is 42.6 Å². The zero-order chi connectivity index (χ0) is 13.8. The van der Waals surface area contributed by atoms with E-state index in [1.54, 1.807) is 24.4 Å². The lowest BCUT2D eigenvalue weighted by Gasteiger charge is -2.05. The van der Waals surface area contributed by atoms with Crippen molar-refractivity contribution in [2.45, 2.75) is 13.8 Å². The molecule has 0 atom stereocenters. The van der Waals surface area contributed by atoms with Gasteiger partial charge in [0.2, 0.25) is 0 Å². The van der Waals surface area contributed by atoms with Crippen molar-refractivity contribution >= 4 is 11.9 Å². The zero-order valence-electron chi connectivity index (χ0n) is 10.9. The van der Waals surface area contributed by atoms with Crippen molar-refractivity contribution in [2.24, 2.45) is 0 Å². The largest absolute Gasteiger partial charge is 0.507 e. The second kappa shape index (κ2) is 5.48. The van der Waals surface area contributed by atoms with Crippen molar-refractivity contribution in [1.82, 2.24) is 4.98 Å². The van der Waals surface area contributed by atoms with E-state index in [2.05, 4.69) is 4.98 Å². The third-order valence-electron chi connectivity index (χ3n) is 2.97. The molecule has 1 aromatic carbocycles. The second-order valence-corrected chi connectivity index (χ2v) is 4.41. The van der Waals surface area contributed by atoms with Gasteiger partial charge in [0.05, 0.1) is 11.3 Å². The zero-order valence-corrected chi connectivity index (χ0v) is 10.9. The van der Waals surface area contributed by atoms with Gasteiger partial charge in [-0.2, -0.15) is 0 Å². The van der Waals surface area contributed by atoms with Gasteiger partial charge in [0.25, 0.3) is 0 Å². The Morgan fingerprint density at radius 1 is 1.21 bits per heavy atom. The van der Waals surface area contributed by atoms with Crippen LogP contribution in [0, 0.1) is 13.8 Å². The van der Waals surface area contributed by atoms with Crippen LogP contribution in [0.1, 0.15) is 27.2 Å². The van der Waals surface area contributed by atoms with E-state index in [-0.39, 0.29) is 11.5 Å². The summed E-state index contributed by atoms with van der Waals surface area (Å²) in [6.07, 6.45) is 4.72. The van der Waals surface area contributed by atoms with E-state index < -0.39 is 0 Å². The molecule has 0 fully saturated rings. The minimum atomic E-state index is -0.230. The highest BCUT2D eigenvalue weighted by atomic mass is 16.3. The fourth-order valence-corrected chi connectivity index (χ4v) is 1.72. The predicted molar refractivity (Wildman–Crippen MR) is 75.2 cm³/mol. The van der Waals surface area contributed by atoms with E-state index in [0.717, 1.165) is 11.1 Å². The van der Waals surface area contributed by atoms with E-state index in [9.17, 15) is 9.90 Å². The van der Waals surface area contributed by atoms with Crippen molar-refractivity contribution in [3.63, 3.8) is 0 Å². The maximum absolute atomic E-state index is 12.0. The first-order chi connectivity index (χ1) is 9.08. The number of rotatable bonds is 3. The standard InChI is InChI=1S/C16H15NO2/c1-11-9-14(16(19)10-12(11)2)15(18)7-6-13-5-3-4-8-17-13/h3-10,19H,1-2H3/b7-6+. The Balaban J connectivity index is 2.26. The van der Waals surface area contributed by atoms with Crippen LogP contribution in [-0.2, 0) is 0 Å². The Kier molecular flexibility index (Phi) is 3.76. The van der Waals surface area contributed by atoms with Crippen molar-refractivity contribution < 1.29 is 9.90 Å². The minimum Gasteiger partial charge on any atom is -0.507 e. The summed E-state index contributed by atoms with van der Waals surface area (Å²) < 4.78 is 0. The third-order valence-corrected chi connectivity index (χ3v) is 2.97. The van der Waals surface area contributed by atoms with Crippen LogP contribution < -0.4 is 0 Å². The molecule has 0 saturated heterocycles. The van der Waals surface area contributed by atoms with E-state index in [1.165, 1.54) is 6.08 Å². The quantitative estimate of drug-likeness (QED) is 0.674. The summed E-state index contributed by atoms with van der Waals surface area (Å²) in [6, 6.07) is 8.79. The molecular weight excluding hydrogens is 238 g/mol. The average molecular weight is 253 g/mol. The number of aromatic nitrogens is 1. The van der Waals surface area contributed by atoms with Gasteiger partial charge in [-0.3, -0.25) is 9.78 Å². The highest BCUT2D eigenvalue weighted by Gasteiger charge is 2.10. The van der Waals surface area contributed by atoms with Gasteiger partial charge < -0.3 is 5.11 Å². The fraction of sp³-hybridized carbons (Fsp3) is 0.125. The van der Waals surface area contributed by atoms with Crippen molar-refractivity contribution in [2.75, 3.05) is 0 Å². The molecule has 0 unspecified atom stereocenters. The summed E-state index contributed by atoms with van der Waals surface area (Å²) in [5.74, 6) is -0.218. The van der Waals surface area contributed by atoms with Crippen molar-refractivity contribution in [1.29, 1.82) is 0 Å². The van der Waals surface area contributed by atoms with Gasteiger partial charge in [-0.25, -0.2) is 0 Å². The highest BCUT2D eigenvalue weighted by Crippen LogP contribution is 2.22. The molecule has 0 aliphatic rings. The molecule has 0 aliphatic heterocycles. The van der Waals surface area contributed by atoms with Crippen LogP contribution in [-0.4, -0.2) is 15.9 Å². The number of carbonyl (C=O) groups is 1. The van der Waals surface area contributed by atoms with Crippen LogP contribution in [0.2, 0.25) is 0 Å². The first-order valence-corrected chi connectivity index (χ1v) is 6.01. The van der Waals surface area contributed by atoms with Crippen molar-refractivity contribution in [3.8, 4) is 5.75 Å². The monoisotopic (exact) mass is 253 g/mol. The number of benzene rings is 1. The molecule has 2 aromatic rings. The number of ketones is 1. The molecule has 3 nitrogen and oxygen atoms in total. The Hall–Kier alpha value is -2.42. The van der Waals surface area contributed by atoms with Crippen LogP contribution in [0.4, 0.5) is 0 Å². The maximum atomic E-state index is 12.0. The number of pyridine rings is 1. The number of hydrogen-bond donors (Lipinski definition) is 1. The molecule has 0 radical (unpaired) electrons. The lowest BCUT2D eigenvalue weighted by molar-refractivity contribution is 0.104. The van der Waals surface area contributed by atoms with Gasteiger partial charge in [0.15, 0.2) is 5.78 Å². The summed E-state index contributed by atoms with van der Waals surface area (Å²) in [5, 5.41) is 9.81. The SMILES string of the molecule is Cc1cc(O)c(C(=O)/C=C/c2ccccn2)cc1C. The molecule has 0 bridgehead atoms. The lowest BCUT2D eigenvalue weighted by Crippen LogP contribution is -1.97. The van der Waals surface area contributed by atoms with Gasteiger partial charge >= 0.3 is 0 Å². The third kappa shape index (κ3) is 3.07. The molecular formula is C16H15NO2. The van der Waals surface area contributed by atoms with Crippen LogP contribution in [0.3, 0.4) is 0 Å². The Morgan fingerprint density at radius 3 is 2.63 bits per heavy atom. The lowest BCUT2D eigenvalue weighted by atomic mass is 10.0. The average Bonchev–Trinajstić information content (AvgIpc) is 2.41. The highest BCUT2D eigenvalue weighted by molar-refractivity contribution is 6.08. The molecule has 0 saturated carbocycles. The summed E-state index contributed by atoms with van der Waals surface area (Å²) in [5.41, 5.74) is 2.96. The van der Waals surface area contributed by atoms with Crippen LogP contribution >= 0.6 is 0 Å². The van der Waals surface area contributed by atoms with E-state index >= 15 is 0 Å². The summed E-state index contributed by atoms with van der Waals surface area (Å²) in [7, 11) is 0. The Bertz CT molecular complexity index is 631. The first kappa shape index (κ1) is 13.0. The number of hydrogen-bond acceptors (Lipinski definition) is 3. The van der Waals surface area contributed by atoms with E-state index in [0.29, 0.717) is 11.3 Å². The van der Waals surface area contributed by atoms with Gasteiger partial charge in [0, 0.05) is 6.20 Å². The second-order valence-electron chi connectivity index (χ2n) is 4.41. The normalized spacial score (nSPS) is 10.8. The molecule has 3 heteroatoms. The number of allylic oxidation sites excluding steroid dienone is 1. The molecule has 1 N–H and O–H groups in total. The molecule has 1 aromatic heterocycles. The van der Waals surface area contributed by atoms with Crippen LogP contribution in [0.25, 0.3) is 6.08 Å². The molecule has 96 valence electrons. The number of aryl methyl sites for hydroxylation is 2. The molecule has 0 spiro atoms. The predicted octanol–water partition coefficient (Wildman–Crippen LogP) is 3.30. The van der Waals surface area contributed by atoms with E-state index in [4.69, 9.17) is 0 Å². The van der Waals surface area contributed by atoms with Crippen molar-refractivity contribution in [3.05, 3.63) is 65.0 Å². The molecule has 0 aliphatic carbocycles. The smallest absolute Gasteiger partial charge is 0.189 e. The topological polar surface area (TPSA) is 50.2 Å². The molecule has 0 amide bonds. The number of carbonyl (C=O) groups excluding carboxylic acids is 1. The van der Waals surface area contributed by atoms with Gasteiger partial charge in [-0.05, 0) is 61.4 Å². The Morgan fingerprint density at radius 2 is 1.95 bits per heavy atom. The maximum Gasteiger partial charge on any atom is 0.189 e. The fourth-order valence-electron chi connectivity index (χ4n) is 1.72. The number of aromatic hydroxyl groups is 1. The molecule has 19 heavy (non-hydrogen) atoms. The summed E-state index contributed by atoms with van der Waals surface area (Å²) in [4.78, 5) is 16.1. The van der Waals surface area contributed by atoms with E-state index in [1.807, 2.05) is 32.0 Å². The van der Waals surface area contributed by atoms with Gasteiger partial charge in [0.1, 0.15) is 5.75 Å². The number of phenolic OH excluding ortho intramolecular Hbond substituents is 1. The number of nitrogens with zero attached hydrogens (tertiary/aromatic N) is 1. The van der Waals surface area contributed by atoms with Gasteiger partial charge in [-0.1, -0.05) is 6.07 Å². The van der Waals surface area contributed by atoms with Crippen LogP contribution in [0.5, 0.6) is 5.75 Å². The van der Waals surface area contributed by atoms with Gasteiger partial charge in [-0.15, -0.1) is 0 Å². The number of phenols is 1. The summed E-state index contributed by atoms with van der Waals surface area (Å²) in [6.45, 7) is 3.81. The Labute approximate surface area is 112 Å². The minimum absolute atomic E-state index is 0.0128. The molecule has 2 rings (SSSR count). The first-order valence-electron chi connectivity index (χ1n) is 6.01. The summed E-state index contributed by atoms with van der Waals surface area (Å²) >= 11 is 0. The molecule has 1 heterocycles.